The Morgan fingerprint density at radius 2 is 2.35 bits per heavy atom. The van der Waals surface area contributed by atoms with Crippen molar-refractivity contribution in [3.8, 4) is 0 Å². The van der Waals surface area contributed by atoms with E-state index in [1.54, 1.807) is 12.4 Å². The van der Waals surface area contributed by atoms with Crippen LogP contribution < -0.4 is 11.3 Å². The number of nitrogens with zero attached hydrogens (tertiary/aromatic N) is 2. The molecule has 0 aliphatic rings. The highest BCUT2D eigenvalue weighted by Crippen LogP contribution is 2.14. The first-order valence-corrected chi connectivity index (χ1v) is 5.19. The maximum atomic E-state index is 11.4. The van der Waals surface area contributed by atoms with Gasteiger partial charge < -0.3 is 8.98 Å². The maximum absolute atomic E-state index is 11.4. The zero-order valence-electron chi connectivity index (χ0n) is 9.73. The van der Waals surface area contributed by atoms with Gasteiger partial charge in [0.2, 0.25) is 0 Å². The normalized spacial score (nSPS) is 10.5. The van der Waals surface area contributed by atoms with Crippen molar-refractivity contribution < 1.29 is 9.21 Å². The number of nitrogens with one attached hydrogen (secondary N) is 1. The average molecular weight is 234 g/mol. The molecule has 0 fully saturated rings. The van der Waals surface area contributed by atoms with E-state index in [0.717, 1.165) is 17.0 Å². The molecule has 0 aromatic carbocycles. The minimum atomic E-state index is -0.431. The van der Waals surface area contributed by atoms with Gasteiger partial charge in [-0.3, -0.25) is 10.2 Å². The molecule has 2 aromatic rings. The van der Waals surface area contributed by atoms with E-state index < -0.39 is 5.91 Å². The molecule has 0 aliphatic carbocycles. The number of rotatable bonds is 3. The van der Waals surface area contributed by atoms with Crippen molar-refractivity contribution in [3.63, 3.8) is 0 Å². The number of hydrogen-bond donors (Lipinski definition) is 2. The molecule has 90 valence electrons. The summed E-state index contributed by atoms with van der Waals surface area (Å²) >= 11 is 0. The second kappa shape index (κ2) is 4.42. The Bertz CT molecular complexity index is 541. The number of aryl methyl sites for hydroxylation is 1. The number of aromatic nitrogens is 2. The Balaban J connectivity index is 2.28. The summed E-state index contributed by atoms with van der Waals surface area (Å²) in [4.78, 5) is 15.6. The standard InChI is InChI=1S/C11H14N4O2/c1-7-8(2)15(6-13-7)5-9-3-4-17-10(9)11(16)14-12/h3-4,6H,5,12H2,1-2H3,(H,14,16). The Morgan fingerprint density at radius 3 is 2.94 bits per heavy atom. The predicted octanol–water partition coefficient (Wildman–Crippen LogP) is 0.745. The second-order valence-electron chi connectivity index (χ2n) is 3.79. The van der Waals surface area contributed by atoms with Gasteiger partial charge in [-0.25, -0.2) is 10.8 Å². The molecule has 0 unspecified atom stereocenters. The van der Waals surface area contributed by atoms with Crippen LogP contribution in [0.1, 0.15) is 27.5 Å². The van der Waals surface area contributed by atoms with Crippen molar-refractivity contribution in [1.82, 2.24) is 15.0 Å². The molecule has 6 heteroatoms. The molecule has 0 saturated carbocycles. The topological polar surface area (TPSA) is 86.1 Å². The minimum absolute atomic E-state index is 0.234. The Hall–Kier alpha value is -2.08. The fourth-order valence-electron chi connectivity index (χ4n) is 1.61. The first-order valence-electron chi connectivity index (χ1n) is 5.19. The zero-order chi connectivity index (χ0) is 12.4. The highest BCUT2D eigenvalue weighted by Gasteiger charge is 2.15. The molecular weight excluding hydrogens is 220 g/mol. The second-order valence-corrected chi connectivity index (χ2v) is 3.79. The molecular formula is C11H14N4O2. The molecule has 0 atom stereocenters. The summed E-state index contributed by atoms with van der Waals surface area (Å²) in [6.07, 6.45) is 3.21. The highest BCUT2D eigenvalue weighted by atomic mass is 16.3. The molecule has 0 radical (unpaired) electrons. The van der Waals surface area contributed by atoms with E-state index in [1.165, 1.54) is 6.26 Å². The van der Waals surface area contributed by atoms with Gasteiger partial charge in [0.1, 0.15) is 0 Å². The predicted molar refractivity (Wildman–Crippen MR) is 61.2 cm³/mol. The number of nitrogens with two attached hydrogens (primary N) is 1. The van der Waals surface area contributed by atoms with E-state index in [2.05, 4.69) is 10.4 Å². The summed E-state index contributed by atoms with van der Waals surface area (Å²) in [6, 6.07) is 1.75. The van der Waals surface area contributed by atoms with Crippen LogP contribution >= 0.6 is 0 Å². The lowest BCUT2D eigenvalue weighted by atomic mass is 10.2. The van der Waals surface area contributed by atoms with Crippen LogP contribution in [-0.4, -0.2) is 15.5 Å². The van der Waals surface area contributed by atoms with Crippen LogP contribution in [-0.2, 0) is 6.54 Å². The van der Waals surface area contributed by atoms with Crippen LogP contribution in [0, 0.1) is 13.8 Å². The molecule has 0 spiro atoms. The van der Waals surface area contributed by atoms with Crippen LogP contribution in [0.5, 0.6) is 0 Å². The Labute approximate surface area is 98.4 Å². The van der Waals surface area contributed by atoms with Gasteiger partial charge in [0, 0.05) is 11.3 Å². The highest BCUT2D eigenvalue weighted by molar-refractivity contribution is 5.92. The number of amides is 1. The van der Waals surface area contributed by atoms with E-state index >= 15 is 0 Å². The monoisotopic (exact) mass is 234 g/mol. The third-order valence-corrected chi connectivity index (χ3v) is 2.77. The molecule has 6 nitrogen and oxygen atoms in total. The van der Waals surface area contributed by atoms with Crippen molar-refractivity contribution in [2.24, 2.45) is 5.84 Å². The van der Waals surface area contributed by atoms with Crippen LogP contribution in [0.2, 0.25) is 0 Å². The third-order valence-electron chi connectivity index (χ3n) is 2.77. The number of imidazole rings is 1. The molecule has 2 aromatic heterocycles. The summed E-state index contributed by atoms with van der Waals surface area (Å²) in [5.41, 5.74) is 4.86. The fourth-order valence-corrected chi connectivity index (χ4v) is 1.61. The van der Waals surface area contributed by atoms with Gasteiger partial charge in [-0.15, -0.1) is 0 Å². The van der Waals surface area contributed by atoms with Crippen molar-refractivity contribution in [1.29, 1.82) is 0 Å². The molecule has 0 saturated heterocycles. The van der Waals surface area contributed by atoms with Gasteiger partial charge in [-0.1, -0.05) is 0 Å². The third kappa shape index (κ3) is 2.07. The Kier molecular flexibility index (Phi) is 2.97. The Morgan fingerprint density at radius 1 is 1.59 bits per heavy atom. The van der Waals surface area contributed by atoms with Gasteiger partial charge >= 0.3 is 5.91 Å². The van der Waals surface area contributed by atoms with Crippen molar-refractivity contribution in [2.75, 3.05) is 0 Å². The summed E-state index contributed by atoms with van der Waals surface area (Å²) in [5.74, 6) is 4.88. The van der Waals surface area contributed by atoms with E-state index in [-0.39, 0.29) is 5.76 Å². The largest absolute Gasteiger partial charge is 0.459 e. The van der Waals surface area contributed by atoms with Crippen LogP contribution in [0.3, 0.4) is 0 Å². The van der Waals surface area contributed by atoms with Crippen molar-refractivity contribution in [3.05, 3.63) is 41.4 Å². The molecule has 17 heavy (non-hydrogen) atoms. The van der Waals surface area contributed by atoms with Gasteiger partial charge in [0.15, 0.2) is 5.76 Å². The van der Waals surface area contributed by atoms with Gasteiger partial charge in [0.05, 0.1) is 24.8 Å². The van der Waals surface area contributed by atoms with E-state index in [1.807, 2.05) is 18.4 Å². The SMILES string of the molecule is Cc1ncn(Cc2ccoc2C(=O)NN)c1C. The van der Waals surface area contributed by atoms with Gasteiger partial charge in [-0.2, -0.15) is 0 Å². The first-order chi connectivity index (χ1) is 8.13. The van der Waals surface area contributed by atoms with Crippen LogP contribution in [0.15, 0.2) is 23.1 Å². The average Bonchev–Trinajstić information content (AvgIpc) is 2.90. The molecule has 2 heterocycles. The maximum Gasteiger partial charge on any atom is 0.301 e. The molecule has 1 amide bonds. The quantitative estimate of drug-likeness (QED) is 0.466. The molecule has 3 N–H and O–H groups in total. The molecule has 0 bridgehead atoms. The molecule has 2 rings (SSSR count). The summed E-state index contributed by atoms with van der Waals surface area (Å²) in [7, 11) is 0. The lowest BCUT2D eigenvalue weighted by molar-refractivity contribution is 0.0924. The number of furan rings is 1. The summed E-state index contributed by atoms with van der Waals surface area (Å²) in [5, 5.41) is 0. The minimum Gasteiger partial charge on any atom is -0.459 e. The first kappa shape index (κ1) is 11.4. The van der Waals surface area contributed by atoms with E-state index in [0.29, 0.717) is 6.54 Å². The van der Waals surface area contributed by atoms with Crippen LogP contribution in [0.4, 0.5) is 0 Å². The summed E-state index contributed by atoms with van der Waals surface area (Å²) in [6.45, 7) is 4.45. The van der Waals surface area contributed by atoms with E-state index in [4.69, 9.17) is 10.3 Å². The van der Waals surface area contributed by atoms with Crippen molar-refractivity contribution >= 4 is 5.91 Å². The van der Waals surface area contributed by atoms with Gasteiger partial charge in [-0.05, 0) is 19.9 Å². The van der Waals surface area contributed by atoms with Gasteiger partial charge in [0.25, 0.3) is 0 Å². The molecule has 0 aliphatic heterocycles. The number of hydrazine groups is 1. The van der Waals surface area contributed by atoms with Crippen molar-refractivity contribution in [2.45, 2.75) is 20.4 Å². The zero-order valence-corrected chi connectivity index (χ0v) is 9.73. The number of nitrogen functional groups attached to an aromatic ring is 1. The number of carbonyl (C=O) groups is 1. The lowest BCUT2D eigenvalue weighted by Crippen LogP contribution is -2.30. The lowest BCUT2D eigenvalue weighted by Gasteiger charge is -2.05. The van der Waals surface area contributed by atoms with Crippen LogP contribution in [0.25, 0.3) is 0 Å². The fraction of sp³-hybridized carbons (Fsp3) is 0.273. The number of carbonyl (C=O) groups excluding carboxylic acids is 1. The smallest absolute Gasteiger partial charge is 0.301 e. The summed E-state index contributed by atoms with van der Waals surface area (Å²) < 4.78 is 7.06. The van der Waals surface area contributed by atoms with E-state index in [9.17, 15) is 4.79 Å². The number of hydrogen-bond acceptors (Lipinski definition) is 4.